The van der Waals surface area contributed by atoms with E-state index in [0.717, 1.165) is 36.9 Å². The third-order valence-electron chi connectivity index (χ3n) is 4.19. The molecule has 4 heteroatoms. The van der Waals surface area contributed by atoms with Crippen LogP contribution in [0.3, 0.4) is 0 Å². The van der Waals surface area contributed by atoms with E-state index >= 15 is 0 Å². The van der Waals surface area contributed by atoms with E-state index in [4.69, 9.17) is 0 Å². The fourth-order valence-corrected chi connectivity index (χ4v) is 2.89. The predicted molar refractivity (Wildman–Crippen MR) is 80.9 cm³/mol. The first kappa shape index (κ1) is 14.0. The Morgan fingerprint density at radius 2 is 2.24 bits per heavy atom. The number of hydrogen-bond donors (Lipinski definition) is 1. The van der Waals surface area contributed by atoms with E-state index < -0.39 is 0 Å². The summed E-state index contributed by atoms with van der Waals surface area (Å²) in [7, 11) is 0. The number of carbonyl (C=O) groups is 1. The lowest BCUT2D eigenvalue weighted by molar-refractivity contribution is 0.0940. The highest BCUT2D eigenvalue weighted by molar-refractivity contribution is 6.08. The SMILES string of the molecule is CCC(C)NC(=O)c1c2c(nc3ccc(F)cc13)CCC2. The van der Waals surface area contributed by atoms with Crippen molar-refractivity contribution in [2.24, 2.45) is 0 Å². The van der Waals surface area contributed by atoms with E-state index in [2.05, 4.69) is 10.3 Å². The number of nitrogens with zero attached hydrogens (tertiary/aromatic N) is 1. The van der Waals surface area contributed by atoms with Gasteiger partial charge in [-0.1, -0.05) is 6.92 Å². The van der Waals surface area contributed by atoms with Gasteiger partial charge in [0.25, 0.3) is 5.91 Å². The molecule has 3 rings (SSSR count). The third-order valence-corrected chi connectivity index (χ3v) is 4.19. The summed E-state index contributed by atoms with van der Waals surface area (Å²) >= 11 is 0. The van der Waals surface area contributed by atoms with Crippen molar-refractivity contribution in [1.82, 2.24) is 10.3 Å². The quantitative estimate of drug-likeness (QED) is 0.939. The molecule has 1 aromatic heterocycles. The van der Waals surface area contributed by atoms with Crippen molar-refractivity contribution in [2.75, 3.05) is 0 Å². The predicted octanol–water partition coefficient (Wildman–Crippen LogP) is 3.39. The molecule has 0 saturated carbocycles. The Kier molecular flexibility index (Phi) is 3.62. The lowest BCUT2D eigenvalue weighted by Crippen LogP contribution is -2.32. The molecule has 0 bridgehead atoms. The summed E-state index contributed by atoms with van der Waals surface area (Å²) < 4.78 is 13.6. The van der Waals surface area contributed by atoms with Crippen molar-refractivity contribution in [2.45, 2.75) is 45.6 Å². The van der Waals surface area contributed by atoms with Crippen molar-refractivity contribution in [3.05, 3.63) is 40.8 Å². The highest BCUT2D eigenvalue weighted by Gasteiger charge is 2.24. The van der Waals surface area contributed by atoms with Crippen LogP contribution in [0, 0.1) is 5.82 Å². The van der Waals surface area contributed by atoms with Crippen LogP contribution in [-0.2, 0) is 12.8 Å². The average Bonchev–Trinajstić information content (AvgIpc) is 2.92. The normalized spacial score (nSPS) is 15.0. The molecule has 0 aliphatic heterocycles. The molecule has 1 atom stereocenters. The van der Waals surface area contributed by atoms with Gasteiger partial charge >= 0.3 is 0 Å². The van der Waals surface area contributed by atoms with Crippen molar-refractivity contribution in [3.63, 3.8) is 0 Å². The number of halogens is 1. The lowest BCUT2D eigenvalue weighted by Gasteiger charge is -2.16. The number of nitrogens with one attached hydrogen (secondary N) is 1. The molecule has 110 valence electrons. The van der Waals surface area contributed by atoms with Gasteiger partial charge in [-0.25, -0.2) is 4.39 Å². The number of amides is 1. The van der Waals surface area contributed by atoms with Gasteiger partial charge in [0.05, 0.1) is 11.1 Å². The fourth-order valence-electron chi connectivity index (χ4n) is 2.89. The second-order valence-corrected chi connectivity index (χ2v) is 5.71. The van der Waals surface area contributed by atoms with Crippen LogP contribution >= 0.6 is 0 Å². The van der Waals surface area contributed by atoms with E-state index in [1.54, 1.807) is 6.07 Å². The molecule has 1 unspecified atom stereocenters. The number of aromatic nitrogens is 1. The Bertz CT molecular complexity index is 711. The van der Waals surface area contributed by atoms with Gasteiger partial charge in [-0.3, -0.25) is 9.78 Å². The van der Waals surface area contributed by atoms with Crippen molar-refractivity contribution in [1.29, 1.82) is 0 Å². The highest BCUT2D eigenvalue weighted by atomic mass is 19.1. The van der Waals surface area contributed by atoms with E-state index in [1.807, 2.05) is 13.8 Å². The Morgan fingerprint density at radius 1 is 1.43 bits per heavy atom. The molecule has 1 aliphatic rings. The molecular weight excluding hydrogens is 267 g/mol. The number of aryl methyl sites for hydroxylation is 1. The van der Waals surface area contributed by atoms with Gasteiger partial charge in [0.15, 0.2) is 0 Å². The van der Waals surface area contributed by atoms with E-state index in [1.165, 1.54) is 12.1 Å². The maximum atomic E-state index is 13.6. The topological polar surface area (TPSA) is 42.0 Å². The van der Waals surface area contributed by atoms with Crippen LogP contribution in [0.2, 0.25) is 0 Å². The monoisotopic (exact) mass is 286 g/mol. The van der Waals surface area contributed by atoms with Crippen LogP contribution in [0.15, 0.2) is 18.2 Å². The second kappa shape index (κ2) is 5.43. The van der Waals surface area contributed by atoms with E-state index in [-0.39, 0.29) is 17.8 Å². The van der Waals surface area contributed by atoms with Crippen LogP contribution in [0.25, 0.3) is 10.9 Å². The molecule has 1 amide bonds. The minimum atomic E-state index is -0.333. The minimum Gasteiger partial charge on any atom is -0.350 e. The summed E-state index contributed by atoms with van der Waals surface area (Å²) in [5.41, 5.74) is 3.30. The first-order valence-corrected chi connectivity index (χ1v) is 7.52. The average molecular weight is 286 g/mol. The molecule has 0 saturated heterocycles. The summed E-state index contributed by atoms with van der Waals surface area (Å²) in [6.07, 6.45) is 3.61. The molecule has 1 N–H and O–H groups in total. The standard InChI is InChI=1S/C17H19FN2O/c1-3-10(2)19-17(21)16-12-5-4-6-14(12)20-15-8-7-11(18)9-13(15)16/h7-10H,3-6H2,1-2H3,(H,19,21). The first-order valence-electron chi connectivity index (χ1n) is 7.52. The van der Waals surface area contributed by atoms with Crippen molar-refractivity contribution in [3.8, 4) is 0 Å². The maximum Gasteiger partial charge on any atom is 0.252 e. The Balaban J connectivity index is 2.18. The van der Waals surface area contributed by atoms with E-state index in [0.29, 0.717) is 16.5 Å². The molecule has 1 heterocycles. The fraction of sp³-hybridized carbons (Fsp3) is 0.412. The van der Waals surface area contributed by atoms with Crippen LogP contribution in [0.5, 0.6) is 0 Å². The molecule has 0 spiro atoms. The number of rotatable bonds is 3. The summed E-state index contributed by atoms with van der Waals surface area (Å²) in [6, 6.07) is 4.58. The van der Waals surface area contributed by atoms with Crippen molar-refractivity contribution < 1.29 is 9.18 Å². The largest absolute Gasteiger partial charge is 0.350 e. The number of hydrogen-bond acceptors (Lipinski definition) is 2. The van der Waals surface area contributed by atoms with Gasteiger partial charge in [0, 0.05) is 17.1 Å². The molecular formula is C17H19FN2O. The van der Waals surface area contributed by atoms with Gasteiger partial charge in [-0.05, 0) is 56.4 Å². The summed E-state index contributed by atoms with van der Waals surface area (Å²) in [4.78, 5) is 17.2. The zero-order valence-electron chi connectivity index (χ0n) is 12.4. The molecule has 1 aliphatic carbocycles. The molecule has 1 aromatic carbocycles. The highest BCUT2D eigenvalue weighted by Crippen LogP contribution is 2.30. The van der Waals surface area contributed by atoms with Crippen LogP contribution < -0.4 is 5.32 Å². The smallest absolute Gasteiger partial charge is 0.252 e. The first-order chi connectivity index (χ1) is 10.1. The zero-order chi connectivity index (χ0) is 15.0. The van der Waals surface area contributed by atoms with Gasteiger partial charge in [0.2, 0.25) is 0 Å². The van der Waals surface area contributed by atoms with Crippen LogP contribution in [0.4, 0.5) is 4.39 Å². The van der Waals surface area contributed by atoms with Gasteiger partial charge < -0.3 is 5.32 Å². The minimum absolute atomic E-state index is 0.103. The Hall–Kier alpha value is -1.97. The molecule has 3 nitrogen and oxygen atoms in total. The maximum absolute atomic E-state index is 13.6. The summed E-state index contributed by atoms with van der Waals surface area (Å²) in [6.45, 7) is 4.00. The second-order valence-electron chi connectivity index (χ2n) is 5.71. The zero-order valence-corrected chi connectivity index (χ0v) is 12.4. The molecule has 0 radical (unpaired) electrons. The summed E-state index contributed by atoms with van der Waals surface area (Å²) in [5.74, 6) is -0.444. The van der Waals surface area contributed by atoms with Crippen molar-refractivity contribution >= 4 is 16.8 Å². The Morgan fingerprint density at radius 3 is 3.00 bits per heavy atom. The Labute approximate surface area is 123 Å². The third kappa shape index (κ3) is 2.50. The van der Waals surface area contributed by atoms with Gasteiger partial charge in [-0.15, -0.1) is 0 Å². The van der Waals surface area contributed by atoms with Gasteiger partial charge in [-0.2, -0.15) is 0 Å². The van der Waals surface area contributed by atoms with Gasteiger partial charge in [0.1, 0.15) is 5.82 Å². The van der Waals surface area contributed by atoms with E-state index in [9.17, 15) is 9.18 Å². The number of benzene rings is 1. The number of carbonyl (C=O) groups excluding carboxylic acids is 1. The van der Waals surface area contributed by atoms with Crippen LogP contribution in [0.1, 0.15) is 48.3 Å². The van der Waals surface area contributed by atoms with Crippen LogP contribution in [-0.4, -0.2) is 16.9 Å². The summed E-state index contributed by atoms with van der Waals surface area (Å²) in [5, 5.41) is 3.62. The lowest BCUT2D eigenvalue weighted by atomic mass is 10.00. The molecule has 2 aromatic rings. The molecule has 0 fully saturated rings. The number of pyridine rings is 1. The number of fused-ring (bicyclic) bond motifs is 2. The molecule has 21 heavy (non-hydrogen) atoms.